The molecule has 2 rings (SSSR count). The molecule has 1 aliphatic rings. The van der Waals surface area contributed by atoms with E-state index < -0.39 is 25.9 Å². The second-order valence-corrected chi connectivity index (χ2v) is 8.64. The van der Waals surface area contributed by atoms with Gasteiger partial charge in [0, 0.05) is 26.2 Å². The lowest BCUT2D eigenvalue weighted by Gasteiger charge is -2.32. The quantitative estimate of drug-likeness (QED) is 0.762. The fourth-order valence-corrected chi connectivity index (χ4v) is 4.48. The van der Waals surface area contributed by atoms with Crippen LogP contribution in [0.15, 0.2) is 23.1 Å². The third-order valence-electron chi connectivity index (χ3n) is 3.26. The lowest BCUT2D eigenvalue weighted by molar-refractivity contribution is 0.274. The van der Waals surface area contributed by atoms with Gasteiger partial charge in [-0.2, -0.15) is 8.61 Å². The van der Waals surface area contributed by atoms with Crippen molar-refractivity contribution in [2.75, 3.05) is 38.2 Å². The maximum absolute atomic E-state index is 13.0. The summed E-state index contributed by atoms with van der Waals surface area (Å²) >= 11 is 0. The summed E-state index contributed by atoms with van der Waals surface area (Å²) in [6.45, 7) is 0.233. The molecule has 0 radical (unpaired) electrons. The van der Waals surface area contributed by atoms with E-state index in [-0.39, 0.29) is 36.8 Å². The summed E-state index contributed by atoms with van der Waals surface area (Å²) in [5.74, 6) is -0.617. The minimum absolute atomic E-state index is 0.0339. The maximum atomic E-state index is 13.0. The predicted molar refractivity (Wildman–Crippen MR) is 76.0 cm³/mol. The molecule has 1 aromatic carbocycles. The van der Waals surface area contributed by atoms with E-state index in [0.29, 0.717) is 0 Å². The van der Waals surface area contributed by atoms with Crippen LogP contribution in [-0.4, -0.2) is 57.9 Å². The molecule has 10 heteroatoms. The van der Waals surface area contributed by atoms with Crippen molar-refractivity contribution in [3.05, 3.63) is 24.0 Å². The average Bonchev–Trinajstić information content (AvgIpc) is 2.37. The molecule has 0 bridgehead atoms. The number of nitrogens with two attached hydrogens (primary N) is 1. The highest BCUT2D eigenvalue weighted by molar-refractivity contribution is 7.89. The van der Waals surface area contributed by atoms with Gasteiger partial charge >= 0.3 is 0 Å². The summed E-state index contributed by atoms with van der Waals surface area (Å²) in [6, 6.07) is 3.08. The Morgan fingerprint density at radius 3 is 2.05 bits per heavy atom. The van der Waals surface area contributed by atoms with E-state index in [9.17, 15) is 21.2 Å². The molecule has 7 nitrogen and oxygen atoms in total. The SMILES string of the molecule is CS(=O)(=O)N1CCN(S(=O)(=O)c2ccc(F)cc2N)CC1. The Bertz CT molecular complexity index is 741. The van der Waals surface area contributed by atoms with Gasteiger partial charge in [0.25, 0.3) is 0 Å². The van der Waals surface area contributed by atoms with Gasteiger partial charge in [-0.25, -0.2) is 21.2 Å². The molecular weight excluding hydrogens is 321 g/mol. The molecule has 118 valence electrons. The number of halogens is 1. The summed E-state index contributed by atoms with van der Waals surface area (Å²) < 4.78 is 63.0. The molecule has 1 aliphatic heterocycles. The van der Waals surface area contributed by atoms with Crippen LogP contribution in [0.4, 0.5) is 10.1 Å². The molecule has 0 unspecified atom stereocenters. The number of hydrogen-bond donors (Lipinski definition) is 1. The summed E-state index contributed by atoms with van der Waals surface area (Å²) in [5.41, 5.74) is 5.39. The van der Waals surface area contributed by atoms with E-state index in [2.05, 4.69) is 0 Å². The number of nitrogens with zero attached hydrogens (tertiary/aromatic N) is 2. The van der Waals surface area contributed by atoms with E-state index >= 15 is 0 Å². The highest BCUT2D eigenvalue weighted by atomic mass is 32.2. The highest BCUT2D eigenvalue weighted by Gasteiger charge is 2.32. The third-order valence-corrected chi connectivity index (χ3v) is 6.53. The number of piperazine rings is 1. The fourth-order valence-electron chi connectivity index (χ4n) is 2.14. The molecule has 0 amide bonds. The van der Waals surface area contributed by atoms with Gasteiger partial charge in [-0.1, -0.05) is 0 Å². The Hall–Kier alpha value is -1.23. The van der Waals surface area contributed by atoms with Gasteiger partial charge in [0.05, 0.1) is 11.9 Å². The predicted octanol–water partition coefficient (Wildman–Crippen LogP) is -0.326. The van der Waals surface area contributed by atoms with Gasteiger partial charge in [0.2, 0.25) is 20.0 Å². The smallest absolute Gasteiger partial charge is 0.245 e. The molecule has 2 N–H and O–H groups in total. The first-order valence-electron chi connectivity index (χ1n) is 6.12. The molecule has 1 heterocycles. The number of sulfonamides is 2. The molecule has 21 heavy (non-hydrogen) atoms. The van der Waals surface area contributed by atoms with Crippen LogP contribution in [0.3, 0.4) is 0 Å². The standard InChI is InChI=1S/C11H16FN3O4S2/c1-20(16,17)14-4-6-15(7-5-14)21(18,19)11-3-2-9(12)8-10(11)13/h2-3,8H,4-7,13H2,1H3. The van der Waals surface area contributed by atoms with Crippen molar-refractivity contribution >= 4 is 25.7 Å². The summed E-state index contributed by atoms with van der Waals surface area (Å²) in [7, 11) is -7.19. The van der Waals surface area contributed by atoms with Gasteiger partial charge in [-0.05, 0) is 18.2 Å². The topological polar surface area (TPSA) is 101 Å². The van der Waals surface area contributed by atoms with Crippen molar-refractivity contribution in [2.24, 2.45) is 0 Å². The number of nitrogen functional groups attached to an aromatic ring is 1. The highest BCUT2D eigenvalue weighted by Crippen LogP contribution is 2.24. The Morgan fingerprint density at radius 1 is 1.05 bits per heavy atom. The van der Waals surface area contributed by atoms with Gasteiger partial charge in [0.15, 0.2) is 0 Å². The summed E-state index contributed by atoms with van der Waals surface area (Å²) in [6.07, 6.45) is 1.08. The first-order chi connectivity index (χ1) is 9.62. The van der Waals surface area contributed by atoms with Crippen molar-refractivity contribution in [2.45, 2.75) is 4.90 Å². The van der Waals surface area contributed by atoms with Crippen molar-refractivity contribution in [1.82, 2.24) is 8.61 Å². The first-order valence-corrected chi connectivity index (χ1v) is 9.41. The number of hydrogen-bond acceptors (Lipinski definition) is 5. The Morgan fingerprint density at radius 2 is 1.57 bits per heavy atom. The van der Waals surface area contributed by atoms with E-state index in [4.69, 9.17) is 5.73 Å². The lowest BCUT2D eigenvalue weighted by Crippen LogP contribution is -2.50. The van der Waals surface area contributed by atoms with Crippen LogP contribution in [0.5, 0.6) is 0 Å². The van der Waals surface area contributed by atoms with Gasteiger partial charge in [-0.15, -0.1) is 0 Å². The Kier molecular flexibility index (Phi) is 4.24. The van der Waals surface area contributed by atoms with Crippen molar-refractivity contribution < 1.29 is 21.2 Å². The lowest BCUT2D eigenvalue weighted by atomic mass is 10.3. The molecule has 0 saturated carbocycles. The molecule has 0 spiro atoms. The monoisotopic (exact) mass is 337 g/mol. The molecule has 0 aliphatic carbocycles. The Balaban J connectivity index is 2.23. The summed E-state index contributed by atoms with van der Waals surface area (Å²) in [4.78, 5) is -0.170. The van der Waals surface area contributed by atoms with E-state index in [1.165, 1.54) is 4.31 Å². The molecule has 1 aromatic rings. The molecular formula is C11H16FN3O4S2. The molecule has 1 fully saturated rings. The van der Waals surface area contributed by atoms with Crippen LogP contribution in [0, 0.1) is 5.82 Å². The molecule has 1 saturated heterocycles. The summed E-state index contributed by atoms with van der Waals surface area (Å²) in [5, 5.41) is 0. The second kappa shape index (κ2) is 5.52. The average molecular weight is 337 g/mol. The zero-order valence-corrected chi connectivity index (χ0v) is 13.0. The van der Waals surface area contributed by atoms with Crippen LogP contribution in [0.1, 0.15) is 0 Å². The van der Waals surface area contributed by atoms with Gasteiger partial charge < -0.3 is 5.73 Å². The van der Waals surface area contributed by atoms with Crippen molar-refractivity contribution in [3.63, 3.8) is 0 Å². The number of rotatable bonds is 3. The Labute approximate surface area is 123 Å². The van der Waals surface area contributed by atoms with Crippen LogP contribution >= 0.6 is 0 Å². The van der Waals surface area contributed by atoms with Crippen LogP contribution in [0.2, 0.25) is 0 Å². The molecule has 0 atom stereocenters. The zero-order valence-electron chi connectivity index (χ0n) is 11.4. The molecule has 0 aromatic heterocycles. The fraction of sp³-hybridized carbons (Fsp3) is 0.455. The van der Waals surface area contributed by atoms with E-state index in [0.717, 1.165) is 28.8 Å². The van der Waals surface area contributed by atoms with Crippen molar-refractivity contribution in [1.29, 1.82) is 0 Å². The van der Waals surface area contributed by atoms with Crippen LogP contribution < -0.4 is 5.73 Å². The van der Waals surface area contributed by atoms with E-state index in [1.807, 2.05) is 0 Å². The zero-order chi connectivity index (χ0) is 15.8. The number of benzene rings is 1. The minimum atomic E-state index is -3.86. The van der Waals surface area contributed by atoms with Crippen LogP contribution in [0.25, 0.3) is 0 Å². The van der Waals surface area contributed by atoms with Crippen LogP contribution in [-0.2, 0) is 20.0 Å². The minimum Gasteiger partial charge on any atom is -0.398 e. The van der Waals surface area contributed by atoms with E-state index in [1.54, 1.807) is 0 Å². The third kappa shape index (κ3) is 3.34. The van der Waals surface area contributed by atoms with Gasteiger partial charge in [0.1, 0.15) is 10.7 Å². The normalized spacial score (nSPS) is 18.8. The number of anilines is 1. The maximum Gasteiger partial charge on any atom is 0.245 e. The van der Waals surface area contributed by atoms with Gasteiger partial charge in [-0.3, -0.25) is 0 Å². The van der Waals surface area contributed by atoms with Crippen molar-refractivity contribution in [3.8, 4) is 0 Å². The first kappa shape index (κ1) is 16.1. The largest absolute Gasteiger partial charge is 0.398 e. The second-order valence-electron chi connectivity index (χ2n) is 4.75.